The van der Waals surface area contributed by atoms with Gasteiger partial charge in [-0.1, -0.05) is 0 Å². The van der Waals surface area contributed by atoms with Crippen molar-refractivity contribution in [3.05, 3.63) is 0 Å². The number of esters is 1. The van der Waals surface area contributed by atoms with Crippen LogP contribution in [0.1, 0.15) is 34.1 Å². The number of rotatable bonds is 6. The van der Waals surface area contributed by atoms with E-state index in [0.29, 0.717) is 0 Å². The zero-order valence-electron chi connectivity index (χ0n) is 12.2. The van der Waals surface area contributed by atoms with Crippen LogP contribution in [-0.4, -0.2) is 52.0 Å². The molecule has 0 aliphatic carbocycles. The second-order valence-electron chi connectivity index (χ2n) is 5.21. The smallest absolute Gasteiger partial charge is 0.408 e. The molecule has 3 N–H and O–H groups in total. The van der Waals surface area contributed by atoms with Gasteiger partial charge in [-0.25, -0.2) is 14.4 Å². The lowest BCUT2D eigenvalue weighted by molar-refractivity contribution is -0.163. The molecule has 0 aromatic heterocycles. The number of carboxylic acid groups (broad SMARTS) is 2. The Balaban J connectivity index is 4.57. The average molecular weight is 305 g/mol. The summed E-state index contributed by atoms with van der Waals surface area (Å²) in [7, 11) is 0. The van der Waals surface area contributed by atoms with Crippen LogP contribution in [0.15, 0.2) is 0 Å². The van der Waals surface area contributed by atoms with E-state index in [2.05, 4.69) is 4.74 Å². The lowest BCUT2D eigenvalue weighted by Crippen LogP contribution is -2.45. The lowest BCUT2D eigenvalue weighted by Gasteiger charge is -2.21. The summed E-state index contributed by atoms with van der Waals surface area (Å²) in [6, 6.07) is -1.58. The molecule has 0 spiro atoms. The van der Waals surface area contributed by atoms with Crippen LogP contribution in [0.4, 0.5) is 4.79 Å². The van der Waals surface area contributed by atoms with E-state index in [-0.39, 0.29) is 0 Å². The Kier molecular flexibility index (Phi) is 6.64. The number of nitrogens with one attached hydrogen (secondary N) is 1. The molecule has 0 aromatic rings. The van der Waals surface area contributed by atoms with Crippen molar-refractivity contribution in [2.45, 2.75) is 51.9 Å². The molecule has 0 aromatic carbocycles. The van der Waals surface area contributed by atoms with Gasteiger partial charge in [0.25, 0.3) is 0 Å². The number of carboxylic acids is 2. The maximum Gasteiger partial charge on any atom is 0.408 e. The third-order valence-electron chi connectivity index (χ3n) is 2.02. The third-order valence-corrected chi connectivity index (χ3v) is 2.02. The highest BCUT2D eigenvalue weighted by molar-refractivity contribution is 5.86. The van der Waals surface area contributed by atoms with Crippen LogP contribution >= 0.6 is 0 Å². The molecule has 0 bridgehead atoms. The third kappa shape index (κ3) is 8.45. The normalized spacial score (nSPS) is 13.7. The van der Waals surface area contributed by atoms with Crippen molar-refractivity contribution in [3.8, 4) is 0 Å². The predicted molar refractivity (Wildman–Crippen MR) is 68.6 cm³/mol. The molecule has 0 fully saturated rings. The van der Waals surface area contributed by atoms with E-state index in [1.807, 2.05) is 5.32 Å². The van der Waals surface area contributed by atoms with Gasteiger partial charge in [-0.2, -0.15) is 0 Å². The fourth-order valence-electron chi connectivity index (χ4n) is 1.11. The number of alkyl carbamates (subject to hydrolysis) is 1. The van der Waals surface area contributed by atoms with Crippen LogP contribution in [0.2, 0.25) is 0 Å². The van der Waals surface area contributed by atoms with E-state index in [1.54, 1.807) is 20.8 Å². The molecule has 0 unspecified atom stereocenters. The van der Waals surface area contributed by atoms with Crippen molar-refractivity contribution in [1.29, 1.82) is 0 Å². The minimum absolute atomic E-state index is 0.716. The van der Waals surface area contributed by atoms with Crippen LogP contribution in [0, 0.1) is 0 Å². The first-order valence-corrected chi connectivity index (χ1v) is 6.07. The second kappa shape index (κ2) is 7.46. The van der Waals surface area contributed by atoms with Crippen LogP contribution in [0.25, 0.3) is 0 Å². The first-order chi connectivity index (χ1) is 9.42. The summed E-state index contributed by atoms with van der Waals surface area (Å²) in [5, 5.41) is 19.5. The van der Waals surface area contributed by atoms with Gasteiger partial charge in [0, 0.05) is 0 Å². The van der Waals surface area contributed by atoms with Gasteiger partial charge in [0.1, 0.15) is 11.6 Å². The Bertz CT molecular complexity index is 425. The van der Waals surface area contributed by atoms with Gasteiger partial charge in [0.2, 0.25) is 0 Å². The van der Waals surface area contributed by atoms with Gasteiger partial charge in [0.15, 0.2) is 6.10 Å². The molecule has 0 heterocycles. The molecule has 0 aliphatic heterocycles. The molecule has 0 aliphatic rings. The summed E-state index contributed by atoms with van der Waals surface area (Å²) >= 11 is 0. The summed E-state index contributed by atoms with van der Waals surface area (Å²) in [6.45, 7) is 5.89. The molecule has 9 nitrogen and oxygen atoms in total. The zero-order chi connectivity index (χ0) is 16.8. The molecule has 1 amide bonds. The Morgan fingerprint density at radius 3 is 2.00 bits per heavy atom. The summed E-state index contributed by atoms with van der Waals surface area (Å²) in [6.07, 6.45) is -3.13. The summed E-state index contributed by atoms with van der Waals surface area (Å²) in [5.41, 5.74) is -0.828. The maximum absolute atomic E-state index is 11.4. The Morgan fingerprint density at radius 2 is 1.62 bits per heavy atom. The SMILES string of the molecule is C[C@H](OC(=O)C[C@H](NC(=O)OC(C)(C)C)C(=O)O)C(=O)O. The number of hydrogen-bond acceptors (Lipinski definition) is 6. The van der Waals surface area contributed by atoms with Crippen molar-refractivity contribution >= 4 is 24.0 Å². The maximum atomic E-state index is 11.4. The van der Waals surface area contributed by atoms with Gasteiger partial charge in [0.05, 0.1) is 6.42 Å². The molecular weight excluding hydrogens is 286 g/mol. The Hall–Kier alpha value is -2.32. The highest BCUT2D eigenvalue weighted by Crippen LogP contribution is 2.08. The minimum atomic E-state index is -1.58. The fourth-order valence-corrected chi connectivity index (χ4v) is 1.11. The van der Waals surface area contributed by atoms with Crippen molar-refractivity contribution in [2.24, 2.45) is 0 Å². The number of ether oxygens (including phenoxy) is 2. The van der Waals surface area contributed by atoms with Gasteiger partial charge < -0.3 is 25.0 Å². The van der Waals surface area contributed by atoms with E-state index in [1.165, 1.54) is 0 Å². The molecule has 120 valence electrons. The number of aliphatic carboxylic acids is 2. The number of carbonyl (C=O) groups excluding carboxylic acids is 2. The fraction of sp³-hybridized carbons (Fsp3) is 0.667. The van der Waals surface area contributed by atoms with Crippen molar-refractivity contribution < 1.29 is 38.9 Å². The first-order valence-electron chi connectivity index (χ1n) is 6.07. The van der Waals surface area contributed by atoms with Crippen LogP contribution < -0.4 is 5.32 Å². The Labute approximate surface area is 121 Å². The molecular formula is C12H19NO8. The number of amides is 1. The highest BCUT2D eigenvalue weighted by atomic mass is 16.6. The second-order valence-corrected chi connectivity index (χ2v) is 5.21. The monoisotopic (exact) mass is 305 g/mol. The topological polar surface area (TPSA) is 139 Å². The van der Waals surface area contributed by atoms with E-state index in [4.69, 9.17) is 14.9 Å². The van der Waals surface area contributed by atoms with Crippen LogP contribution in [0.5, 0.6) is 0 Å². The van der Waals surface area contributed by atoms with E-state index in [0.717, 1.165) is 6.92 Å². The van der Waals surface area contributed by atoms with Gasteiger partial charge in [-0.15, -0.1) is 0 Å². The Morgan fingerprint density at radius 1 is 1.10 bits per heavy atom. The van der Waals surface area contributed by atoms with E-state index in [9.17, 15) is 19.2 Å². The number of carbonyl (C=O) groups is 4. The lowest BCUT2D eigenvalue weighted by atomic mass is 10.2. The predicted octanol–water partition coefficient (Wildman–Crippen LogP) is 0.371. The highest BCUT2D eigenvalue weighted by Gasteiger charge is 2.28. The van der Waals surface area contributed by atoms with Crippen molar-refractivity contribution in [2.75, 3.05) is 0 Å². The minimum Gasteiger partial charge on any atom is -0.480 e. The van der Waals surface area contributed by atoms with Crippen LogP contribution in [0.3, 0.4) is 0 Å². The van der Waals surface area contributed by atoms with Crippen molar-refractivity contribution in [3.63, 3.8) is 0 Å². The average Bonchev–Trinajstić information content (AvgIpc) is 2.24. The molecule has 0 saturated carbocycles. The summed E-state index contributed by atoms with van der Waals surface area (Å²) in [4.78, 5) is 44.3. The summed E-state index contributed by atoms with van der Waals surface area (Å²) < 4.78 is 9.34. The quantitative estimate of drug-likeness (QED) is 0.598. The molecule has 2 atom stereocenters. The van der Waals surface area contributed by atoms with Crippen LogP contribution in [-0.2, 0) is 23.9 Å². The standard InChI is InChI=1S/C12H19NO8/c1-6(9(15)16)20-8(14)5-7(10(17)18)13-11(19)21-12(2,3)4/h6-7H,5H2,1-4H3,(H,13,19)(H,15,16)(H,17,18)/t6-,7-/m0/s1. The molecule has 0 saturated heterocycles. The van der Waals surface area contributed by atoms with Gasteiger partial charge >= 0.3 is 24.0 Å². The zero-order valence-corrected chi connectivity index (χ0v) is 12.2. The molecule has 0 rings (SSSR count). The molecule has 9 heteroatoms. The largest absolute Gasteiger partial charge is 0.480 e. The molecule has 0 radical (unpaired) electrons. The number of hydrogen-bond donors (Lipinski definition) is 3. The first kappa shape index (κ1) is 18.7. The van der Waals surface area contributed by atoms with Gasteiger partial charge in [-0.05, 0) is 27.7 Å². The van der Waals surface area contributed by atoms with E-state index >= 15 is 0 Å². The van der Waals surface area contributed by atoms with Crippen molar-refractivity contribution in [1.82, 2.24) is 5.32 Å². The summed E-state index contributed by atoms with van der Waals surface area (Å²) in [5.74, 6) is -3.90. The van der Waals surface area contributed by atoms with Gasteiger partial charge in [-0.3, -0.25) is 4.79 Å². The molecule has 21 heavy (non-hydrogen) atoms. The van der Waals surface area contributed by atoms with E-state index < -0.39 is 48.2 Å².